The first-order valence-corrected chi connectivity index (χ1v) is 11.9. The highest BCUT2D eigenvalue weighted by Crippen LogP contribution is 2.19. The zero-order chi connectivity index (χ0) is 26.3. The number of hydrogen-bond acceptors (Lipinski definition) is 5. The Morgan fingerprint density at radius 3 is 2.23 bits per heavy atom. The van der Waals surface area contributed by atoms with E-state index < -0.39 is 47.9 Å². The van der Waals surface area contributed by atoms with E-state index in [1.807, 2.05) is 38.1 Å². The van der Waals surface area contributed by atoms with Gasteiger partial charge in [-0.05, 0) is 30.4 Å². The van der Waals surface area contributed by atoms with E-state index in [0.717, 1.165) is 16.5 Å². The van der Waals surface area contributed by atoms with E-state index in [2.05, 4.69) is 20.9 Å². The Morgan fingerprint density at radius 2 is 1.63 bits per heavy atom. The lowest BCUT2D eigenvalue weighted by Crippen LogP contribution is -2.59. The monoisotopic (exact) mass is 487 g/mol. The smallest absolute Gasteiger partial charge is 0.325 e. The third-order valence-corrected chi connectivity index (χ3v) is 6.27. The lowest BCUT2D eigenvalue weighted by atomic mass is 9.97. The van der Waals surface area contributed by atoms with Crippen LogP contribution in [0, 0.1) is 11.8 Å². The number of nitrogens with one attached hydrogen (secondary N) is 4. The Balaban J connectivity index is 2.27. The summed E-state index contributed by atoms with van der Waals surface area (Å²) < 4.78 is 0. The van der Waals surface area contributed by atoms with Crippen molar-refractivity contribution in [3.63, 3.8) is 0 Å². The summed E-state index contributed by atoms with van der Waals surface area (Å²) in [6.45, 7) is 8.69. The van der Waals surface area contributed by atoms with Crippen molar-refractivity contribution in [1.29, 1.82) is 0 Å². The van der Waals surface area contributed by atoms with Gasteiger partial charge in [-0.2, -0.15) is 0 Å². The number of para-hydroxylation sites is 1. The Labute approximate surface area is 205 Å². The highest BCUT2D eigenvalue weighted by atomic mass is 16.4. The molecule has 0 saturated heterocycles. The predicted octanol–water partition coefficient (Wildman–Crippen LogP) is 1.30. The molecule has 10 nitrogen and oxygen atoms in total. The van der Waals surface area contributed by atoms with Crippen molar-refractivity contribution in [3.8, 4) is 0 Å². The minimum absolute atomic E-state index is 0.0659. The summed E-state index contributed by atoms with van der Waals surface area (Å²) in [5.41, 5.74) is 7.69. The Bertz CT molecular complexity index is 1050. The number of benzene rings is 1. The summed E-state index contributed by atoms with van der Waals surface area (Å²) in [4.78, 5) is 53.3. The van der Waals surface area contributed by atoms with Crippen LogP contribution in [0.5, 0.6) is 0 Å². The highest BCUT2D eigenvalue weighted by Gasteiger charge is 2.32. The van der Waals surface area contributed by atoms with Gasteiger partial charge in [0.2, 0.25) is 17.7 Å². The molecule has 1 aromatic carbocycles. The second-order valence-electron chi connectivity index (χ2n) is 9.33. The topological polar surface area (TPSA) is 166 Å². The molecule has 2 aromatic rings. The van der Waals surface area contributed by atoms with Gasteiger partial charge >= 0.3 is 5.97 Å². The highest BCUT2D eigenvalue weighted by molar-refractivity contribution is 5.95. The SMILES string of the molecule is CCC(C)C(N)C(=O)NC(C(=O)NC(Cc1c[nH]c2ccccc12)C(=O)NC(C)C(=O)O)C(C)C. The molecule has 0 aliphatic carbocycles. The van der Waals surface area contributed by atoms with Crippen molar-refractivity contribution in [2.75, 3.05) is 0 Å². The van der Waals surface area contributed by atoms with E-state index in [9.17, 15) is 24.3 Å². The van der Waals surface area contributed by atoms with Crippen LogP contribution in [0.15, 0.2) is 30.5 Å². The van der Waals surface area contributed by atoms with E-state index in [0.29, 0.717) is 6.42 Å². The lowest BCUT2D eigenvalue weighted by molar-refractivity contribution is -0.141. The first kappa shape index (κ1) is 27.8. The molecule has 0 spiro atoms. The van der Waals surface area contributed by atoms with Gasteiger partial charge in [0.05, 0.1) is 6.04 Å². The zero-order valence-corrected chi connectivity index (χ0v) is 20.9. The fourth-order valence-corrected chi connectivity index (χ4v) is 3.66. The number of aliphatic carboxylic acids is 1. The fourth-order valence-electron chi connectivity index (χ4n) is 3.66. The van der Waals surface area contributed by atoms with Crippen LogP contribution in [0.1, 0.15) is 46.6 Å². The molecule has 0 saturated carbocycles. The first-order chi connectivity index (χ1) is 16.5. The average molecular weight is 488 g/mol. The van der Waals surface area contributed by atoms with Crippen LogP contribution in [0.4, 0.5) is 0 Å². The summed E-state index contributed by atoms with van der Waals surface area (Å²) >= 11 is 0. The van der Waals surface area contributed by atoms with Crippen LogP contribution in [-0.4, -0.2) is 57.9 Å². The number of aromatic amines is 1. The van der Waals surface area contributed by atoms with Crippen molar-refractivity contribution < 1.29 is 24.3 Å². The largest absolute Gasteiger partial charge is 0.480 e. The van der Waals surface area contributed by atoms with E-state index in [4.69, 9.17) is 5.73 Å². The normalized spacial score (nSPS) is 15.6. The van der Waals surface area contributed by atoms with E-state index in [-0.39, 0.29) is 18.3 Å². The number of carboxylic acids is 1. The molecule has 0 aliphatic rings. The molecule has 192 valence electrons. The van der Waals surface area contributed by atoms with Crippen LogP contribution < -0.4 is 21.7 Å². The molecule has 0 aliphatic heterocycles. The van der Waals surface area contributed by atoms with Crippen molar-refractivity contribution in [2.45, 2.75) is 71.6 Å². The number of nitrogens with two attached hydrogens (primary N) is 1. The Morgan fingerprint density at radius 1 is 0.971 bits per heavy atom. The molecule has 5 atom stereocenters. The van der Waals surface area contributed by atoms with Gasteiger partial charge in [-0.15, -0.1) is 0 Å². The van der Waals surface area contributed by atoms with E-state index in [1.165, 1.54) is 6.92 Å². The average Bonchev–Trinajstić information content (AvgIpc) is 3.23. The van der Waals surface area contributed by atoms with Gasteiger partial charge in [-0.25, -0.2) is 0 Å². The predicted molar refractivity (Wildman–Crippen MR) is 133 cm³/mol. The molecule has 0 fully saturated rings. The standard InChI is InChI=1S/C25H37N5O5/c1-6-14(4)20(26)23(32)30-21(13(2)3)24(33)29-19(22(31)28-15(5)25(34)35)11-16-12-27-18-10-8-7-9-17(16)18/h7-10,12-15,19-21,27H,6,11,26H2,1-5H3,(H,28,31)(H,29,33)(H,30,32)(H,34,35). The van der Waals surface area contributed by atoms with Crippen molar-refractivity contribution in [2.24, 2.45) is 17.6 Å². The molecule has 2 rings (SSSR count). The quantitative estimate of drug-likeness (QED) is 0.264. The number of carbonyl (C=O) groups is 4. The Kier molecular flexibility index (Phi) is 9.82. The Hall–Kier alpha value is -3.40. The first-order valence-electron chi connectivity index (χ1n) is 11.9. The van der Waals surface area contributed by atoms with Gasteiger partial charge in [-0.3, -0.25) is 19.2 Å². The third kappa shape index (κ3) is 7.29. The van der Waals surface area contributed by atoms with Gasteiger partial charge in [0.15, 0.2) is 0 Å². The van der Waals surface area contributed by atoms with Crippen LogP contribution in [-0.2, 0) is 25.6 Å². The molecular weight excluding hydrogens is 450 g/mol. The lowest BCUT2D eigenvalue weighted by Gasteiger charge is -2.27. The van der Waals surface area contributed by atoms with Crippen LogP contribution in [0.3, 0.4) is 0 Å². The van der Waals surface area contributed by atoms with Gasteiger partial charge in [0, 0.05) is 23.5 Å². The molecular formula is C25H37N5O5. The van der Waals surface area contributed by atoms with Crippen LogP contribution in [0.25, 0.3) is 10.9 Å². The summed E-state index contributed by atoms with van der Waals surface area (Å²) in [6, 6.07) is 3.63. The molecule has 1 heterocycles. The summed E-state index contributed by atoms with van der Waals surface area (Å²) in [7, 11) is 0. The minimum Gasteiger partial charge on any atom is -0.480 e. The molecule has 0 radical (unpaired) electrons. The fraction of sp³-hybridized carbons (Fsp3) is 0.520. The third-order valence-electron chi connectivity index (χ3n) is 6.27. The molecule has 5 unspecified atom stereocenters. The molecule has 1 aromatic heterocycles. The maximum absolute atomic E-state index is 13.2. The number of aromatic nitrogens is 1. The van der Waals surface area contributed by atoms with Gasteiger partial charge in [-0.1, -0.05) is 52.3 Å². The van der Waals surface area contributed by atoms with E-state index >= 15 is 0 Å². The second kappa shape index (κ2) is 12.3. The number of carboxylic acid groups (broad SMARTS) is 1. The number of carbonyl (C=O) groups excluding carboxylic acids is 3. The summed E-state index contributed by atoms with van der Waals surface area (Å²) in [5.74, 6) is -3.16. The number of hydrogen-bond donors (Lipinski definition) is 6. The maximum atomic E-state index is 13.2. The number of rotatable bonds is 12. The number of fused-ring (bicyclic) bond motifs is 1. The molecule has 0 bridgehead atoms. The van der Waals surface area contributed by atoms with Gasteiger partial charge in [0.1, 0.15) is 18.1 Å². The summed E-state index contributed by atoms with van der Waals surface area (Å²) in [5, 5.41) is 18.0. The molecule has 35 heavy (non-hydrogen) atoms. The molecule has 7 N–H and O–H groups in total. The molecule has 10 heteroatoms. The number of amides is 3. The minimum atomic E-state index is -1.19. The molecule has 3 amide bonds. The van der Waals surface area contributed by atoms with Gasteiger partial charge < -0.3 is 31.8 Å². The van der Waals surface area contributed by atoms with Crippen molar-refractivity contribution in [1.82, 2.24) is 20.9 Å². The maximum Gasteiger partial charge on any atom is 0.325 e. The van der Waals surface area contributed by atoms with Crippen LogP contribution in [0.2, 0.25) is 0 Å². The van der Waals surface area contributed by atoms with Gasteiger partial charge in [0.25, 0.3) is 0 Å². The van der Waals surface area contributed by atoms with E-state index in [1.54, 1.807) is 20.0 Å². The van der Waals surface area contributed by atoms with Crippen molar-refractivity contribution >= 4 is 34.6 Å². The van der Waals surface area contributed by atoms with Crippen LogP contribution >= 0.6 is 0 Å². The van der Waals surface area contributed by atoms with Crippen molar-refractivity contribution in [3.05, 3.63) is 36.0 Å². The number of H-pyrrole nitrogens is 1. The zero-order valence-electron chi connectivity index (χ0n) is 20.9. The summed E-state index contributed by atoms with van der Waals surface area (Å²) in [6.07, 6.45) is 2.59. The second-order valence-corrected chi connectivity index (χ2v) is 9.33.